The molecule has 0 radical (unpaired) electrons. The van der Waals surface area contributed by atoms with Gasteiger partial charge in [0.1, 0.15) is 5.82 Å². The van der Waals surface area contributed by atoms with Crippen LogP contribution in [0.5, 0.6) is 0 Å². The maximum absolute atomic E-state index is 13.6. The molecule has 0 unspecified atom stereocenters. The Morgan fingerprint density at radius 3 is 2.36 bits per heavy atom. The van der Waals surface area contributed by atoms with Gasteiger partial charge in [-0.15, -0.1) is 0 Å². The quantitative estimate of drug-likeness (QED) is 0.847. The highest BCUT2D eigenvalue weighted by molar-refractivity contribution is 5.74. The molecule has 1 N–H and O–H groups in total. The summed E-state index contributed by atoms with van der Waals surface area (Å²) in [4.78, 5) is 5.06. The first kappa shape index (κ1) is 19.5. The van der Waals surface area contributed by atoms with Gasteiger partial charge < -0.3 is 14.6 Å². The third kappa shape index (κ3) is 2.79. The third-order valence-corrected chi connectivity index (χ3v) is 6.27. The van der Waals surface area contributed by atoms with Crippen LogP contribution in [-0.2, 0) is 27.9 Å². The van der Waals surface area contributed by atoms with Crippen molar-refractivity contribution in [3.05, 3.63) is 52.6 Å². The molecule has 1 aliphatic heterocycles. The first-order valence-corrected chi connectivity index (χ1v) is 10.0. The van der Waals surface area contributed by atoms with Gasteiger partial charge in [0.25, 0.3) is 0 Å². The molecule has 1 saturated heterocycles. The lowest BCUT2D eigenvalue weighted by atomic mass is 9.68. The van der Waals surface area contributed by atoms with E-state index in [-0.39, 0.29) is 18.3 Å². The van der Waals surface area contributed by atoms with Crippen molar-refractivity contribution in [3.63, 3.8) is 0 Å². The lowest BCUT2D eigenvalue weighted by Crippen LogP contribution is -2.53. The highest BCUT2D eigenvalue weighted by atomic mass is 19.1. The van der Waals surface area contributed by atoms with Crippen LogP contribution in [0.15, 0.2) is 24.3 Å². The number of rotatable bonds is 3. The normalized spacial score (nSPS) is 20.0. The fourth-order valence-corrected chi connectivity index (χ4v) is 4.79. The standard InChI is InChI=1S/C23H28FNO3/c1-14(2)20-18(13-26)19(15-5-7-16(24)8-6-15)17-9-10-23(27-11-12-28-23)22(3,4)21(17)25-20/h5-8,14,26H,9-13H2,1-4H3. The average Bonchev–Trinajstić information content (AvgIpc) is 3.15. The Hall–Kier alpha value is -1.82. The molecule has 0 atom stereocenters. The summed E-state index contributed by atoms with van der Waals surface area (Å²) in [6, 6.07) is 6.51. The molecule has 2 heterocycles. The van der Waals surface area contributed by atoms with Gasteiger partial charge in [0.15, 0.2) is 5.79 Å². The van der Waals surface area contributed by atoms with Gasteiger partial charge in [-0.2, -0.15) is 0 Å². The molecule has 1 aromatic heterocycles. The van der Waals surface area contributed by atoms with E-state index in [2.05, 4.69) is 27.7 Å². The number of fused-ring (bicyclic) bond motifs is 1. The Bertz CT molecular complexity index is 884. The lowest BCUT2D eigenvalue weighted by Gasteiger charge is -2.47. The molecule has 4 rings (SSSR count). The maximum atomic E-state index is 13.6. The van der Waals surface area contributed by atoms with Crippen LogP contribution in [0.1, 0.15) is 62.5 Å². The number of aromatic nitrogens is 1. The third-order valence-electron chi connectivity index (χ3n) is 6.27. The summed E-state index contributed by atoms with van der Waals surface area (Å²) in [5.41, 5.74) is 5.23. The molecular formula is C23H28FNO3. The van der Waals surface area contributed by atoms with E-state index in [0.717, 1.165) is 46.5 Å². The van der Waals surface area contributed by atoms with Gasteiger partial charge >= 0.3 is 0 Å². The SMILES string of the molecule is CC(C)c1nc2c(c(-c3ccc(F)cc3)c1CO)CCC1(OCCO1)C2(C)C. The Balaban J connectivity index is 2.01. The summed E-state index contributed by atoms with van der Waals surface area (Å²) < 4.78 is 25.8. The fourth-order valence-electron chi connectivity index (χ4n) is 4.79. The Morgan fingerprint density at radius 1 is 1.14 bits per heavy atom. The van der Waals surface area contributed by atoms with Crippen molar-refractivity contribution in [2.24, 2.45) is 0 Å². The van der Waals surface area contributed by atoms with Crippen LogP contribution in [-0.4, -0.2) is 29.1 Å². The number of hydrogen-bond acceptors (Lipinski definition) is 4. The zero-order valence-electron chi connectivity index (χ0n) is 17.0. The summed E-state index contributed by atoms with van der Waals surface area (Å²) in [6.45, 7) is 9.50. The Labute approximate surface area is 165 Å². The van der Waals surface area contributed by atoms with Crippen molar-refractivity contribution in [2.45, 2.75) is 64.3 Å². The van der Waals surface area contributed by atoms with Crippen LogP contribution in [0, 0.1) is 5.82 Å². The Morgan fingerprint density at radius 2 is 1.79 bits per heavy atom. The van der Waals surface area contributed by atoms with Gasteiger partial charge in [0.05, 0.1) is 30.9 Å². The number of ether oxygens (including phenoxy) is 2. The maximum Gasteiger partial charge on any atom is 0.179 e. The molecule has 2 aliphatic rings. The molecule has 0 saturated carbocycles. The molecular weight excluding hydrogens is 357 g/mol. The average molecular weight is 385 g/mol. The number of benzene rings is 1. The smallest absolute Gasteiger partial charge is 0.179 e. The number of pyridine rings is 1. The number of hydrogen-bond donors (Lipinski definition) is 1. The van der Waals surface area contributed by atoms with Crippen LogP contribution in [0.3, 0.4) is 0 Å². The molecule has 5 heteroatoms. The second-order valence-corrected chi connectivity index (χ2v) is 8.57. The molecule has 1 aliphatic carbocycles. The highest BCUT2D eigenvalue weighted by Gasteiger charge is 2.55. The predicted octanol–water partition coefficient (Wildman–Crippen LogP) is 4.47. The second kappa shape index (κ2) is 6.90. The van der Waals surface area contributed by atoms with Gasteiger partial charge in [-0.1, -0.05) is 26.0 Å². The van der Waals surface area contributed by atoms with E-state index in [1.807, 2.05) is 0 Å². The van der Waals surface area contributed by atoms with Gasteiger partial charge in [0, 0.05) is 17.7 Å². The van der Waals surface area contributed by atoms with Crippen molar-refractivity contribution < 1.29 is 19.0 Å². The first-order valence-electron chi connectivity index (χ1n) is 10.0. The van der Waals surface area contributed by atoms with Crippen LogP contribution in [0.2, 0.25) is 0 Å². The number of aliphatic hydroxyl groups is 1. The monoisotopic (exact) mass is 385 g/mol. The van der Waals surface area contributed by atoms with E-state index in [1.165, 1.54) is 12.1 Å². The van der Waals surface area contributed by atoms with Crippen LogP contribution in [0.4, 0.5) is 4.39 Å². The summed E-state index contributed by atoms with van der Waals surface area (Å²) in [5.74, 6) is -0.790. The first-order chi connectivity index (χ1) is 13.3. The second-order valence-electron chi connectivity index (χ2n) is 8.57. The van der Waals surface area contributed by atoms with Crippen molar-refractivity contribution >= 4 is 0 Å². The summed E-state index contributed by atoms with van der Waals surface area (Å²) in [6.07, 6.45) is 1.47. The predicted molar refractivity (Wildman–Crippen MR) is 106 cm³/mol. The van der Waals surface area contributed by atoms with Gasteiger partial charge in [-0.3, -0.25) is 4.98 Å². The van der Waals surface area contributed by atoms with E-state index in [4.69, 9.17) is 14.5 Å². The lowest BCUT2D eigenvalue weighted by molar-refractivity contribution is -0.210. The number of aliphatic hydroxyl groups excluding tert-OH is 1. The van der Waals surface area contributed by atoms with E-state index < -0.39 is 11.2 Å². The largest absolute Gasteiger partial charge is 0.392 e. The van der Waals surface area contributed by atoms with Crippen LogP contribution < -0.4 is 0 Å². The van der Waals surface area contributed by atoms with E-state index in [9.17, 15) is 9.50 Å². The molecule has 4 nitrogen and oxygen atoms in total. The summed E-state index contributed by atoms with van der Waals surface area (Å²) in [5, 5.41) is 10.2. The number of halogens is 1. The number of nitrogens with zero attached hydrogens (tertiary/aromatic N) is 1. The molecule has 150 valence electrons. The van der Waals surface area contributed by atoms with E-state index in [1.54, 1.807) is 12.1 Å². The Kier molecular flexibility index (Phi) is 4.81. The van der Waals surface area contributed by atoms with Crippen molar-refractivity contribution in [3.8, 4) is 11.1 Å². The van der Waals surface area contributed by atoms with Crippen LogP contribution >= 0.6 is 0 Å². The molecule has 2 aromatic rings. The molecule has 1 spiro atoms. The summed E-state index contributed by atoms with van der Waals surface area (Å²) >= 11 is 0. The van der Waals surface area contributed by atoms with Gasteiger partial charge in [-0.05, 0) is 55.0 Å². The molecule has 1 fully saturated rings. The molecule has 28 heavy (non-hydrogen) atoms. The molecule has 0 amide bonds. The molecule has 0 bridgehead atoms. The van der Waals surface area contributed by atoms with Crippen molar-refractivity contribution in [1.82, 2.24) is 4.98 Å². The van der Waals surface area contributed by atoms with Crippen LogP contribution in [0.25, 0.3) is 11.1 Å². The zero-order chi connectivity index (χ0) is 20.1. The van der Waals surface area contributed by atoms with E-state index >= 15 is 0 Å². The minimum Gasteiger partial charge on any atom is -0.392 e. The minimum absolute atomic E-state index is 0.0981. The topological polar surface area (TPSA) is 51.6 Å². The van der Waals surface area contributed by atoms with Gasteiger partial charge in [0.2, 0.25) is 0 Å². The minimum atomic E-state index is -0.665. The van der Waals surface area contributed by atoms with Crippen molar-refractivity contribution in [2.75, 3.05) is 13.2 Å². The van der Waals surface area contributed by atoms with Crippen molar-refractivity contribution in [1.29, 1.82) is 0 Å². The molecule has 1 aromatic carbocycles. The van der Waals surface area contributed by atoms with Gasteiger partial charge in [-0.25, -0.2) is 4.39 Å². The zero-order valence-corrected chi connectivity index (χ0v) is 17.0. The summed E-state index contributed by atoms with van der Waals surface area (Å²) in [7, 11) is 0. The van der Waals surface area contributed by atoms with E-state index in [0.29, 0.717) is 13.2 Å². The highest BCUT2D eigenvalue weighted by Crippen LogP contribution is 2.51. The fraction of sp³-hybridized carbons (Fsp3) is 0.522.